The smallest absolute Gasteiger partial charge is 0.399 e. The van der Waals surface area contributed by atoms with Crippen LogP contribution in [0.5, 0.6) is 0 Å². The van der Waals surface area contributed by atoms with E-state index < -0.39 is 42.5 Å². The van der Waals surface area contributed by atoms with Crippen LogP contribution in [0.15, 0.2) is 39.8 Å². The molecule has 7 nitrogen and oxygen atoms in total. The molecule has 164 valence electrons. The van der Waals surface area contributed by atoms with Crippen LogP contribution < -0.4 is 11.1 Å². The highest BCUT2D eigenvalue weighted by Crippen LogP contribution is 2.37. The predicted molar refractivity (Wildman–Crippen MR) is 103 cm³/mol. The standard InChI is InChI=1S/C18H25ClF3N3O4/c1-16(2,3)29-15(27)11-5-6-13(25-14(11)19)24-8-7-12(23)28-10-17(4,9-26)18(20,21)22/h5-8,13,25-26H,9-10,23H2,1-4H3. The quantitative estimate of drug-likeness (QED) is 0.244. The van der Waals surface area contributed by atoms with E-state index >= 15 is 0 Å². The summed E-state index contributed by atoms with van der Waals surface area (Å²) in [6.07, 6.45) is 0.0832. The van der Waals surface area contributed by atoms with E-state index in [2.05, 4.69) is 10.3 Å². The summed E-state index contributed by atoms with van der Waals surface area (Å²) >= 11 is 6.05. The number of ether oxygens (including phenoxy) is 2. The number of nitrogens with one attached hydrogen (secondary N) is 1. The summed E-state index contributed by atoms with van der Waals surface area (Å²) in [5.74, 6) is -0.906. The Morgan fingerprint density at radius 3 is 2.48 bits per heavy atom. The summed E-state index contributed by atoms with van der Waals surface area (Å²) in [6.45, 7) is 4.01. The number of carbonyl (C=O) groups is 1. The first-order chi connectivity index (χ1) is 13.2. The van der Waals surface area contributed by atoms with Gasteiger partial charge in [-0.1, -0.05) is 11.6 Å². The number of dihydropyridines is 1. The number of hydrogen-bond acceptors (Lipinski definition) is 7. The molecule has 2 atom stereocenters. The third kappa shape index (κ3) is 7.62. The van der Waals surface area contributed by atoms with Crippen molar-refractivity contribution < 1.29 is 32.5 Å². The predicted octanol–water partition coefficient (Wildman–Crippen LogP) is 2.71. The number of aliphatic imine (C=N–C) groups is 1. The van der Waals surface area contributed by atoms with Crippen LogP contribution in [0.1, 0.15) is 27.7 Å². The first kappa shape index (κ1) is 24.8. The van der Waals surface area contributed by atoms with Crippen molar-refractivity contribution in [1.29, 1.82) is 0 Å². The number of esters is 1. The number of aliphatic hydroxyl groups is 1. The lowest BCUT2D eigenvalue weighted by Crippen LogP contribution is -2.42. The van der Waals surface area contributed by atoms with Crippen LogP contribution in [0, 0.1) is 5.41 Å². The molecule has 0 radical (unpaired) electrons. The van der Waals surface area contributed by atoms with E-state index in [0.717, 1.165) is 13.0 Å². The molecule has 0 bridgehead atoms. The van der Waals surface area contributed by atoms with Gasteiger partial charge >= 0.3 is 12.1 Å². The molecule has 0 saturated carbocycles. The number of alkyl halides is 3. The number of aliphatic hydroxyl groups excluding tert-OH is 1. The third-order valence-corrected chi connectivity index (χ3v) is 3.96. The number of nitrogens with zero attached hydrogens (tertiary/aromatic N) is 1. The summed E-state index contributed by atoms with van der Waals surface area (Å²) in [4.78, 5) is 16.1. The number of halogens is 4. The number of nitrogens with two attached hydrogens (primary N) is 1. The van der Waals surface area contributed by atoms with Crippen molar-refractivity contribution >= 4 is 23.8 Å². The molecule has 2 unspecified atom stereocenters. The summed E-state index contributed by atoms with van der Waals surface area (Å²) in [5, 5.41) is 11.8. The second-order valence-electron chi connectivity index (χ2n) is 7.55. The van der Waals surface area contributed by atoms with Gasteiger partial charge in [-0.05, 0) is 39.8 Å². The molecular formula is C18H25ClF3N3O4. The molecule has 0 aromatic heterocycles. The monoisotopic (exact) mass is 439 g/mol. The van der Waals surface area contributed by atoms with Crippen molar-refractivity contribution in [3.63, 3.8) is 0 Å². The van der Waals surface area contributed by atoms with Crippen molar-refractivity contribution in [2.45, 2.75) is 45.6 Å². The number of hydrogen-bond donors (Lipinski definition) is 3. The second-order valence-corrected chi connectivity index (χ2v) is 7.93. The molecule has 1 rings (SSSR count). The zero-order chi connectivity index (χ0) is 22.5. The Morgan fingerprint density at radius 2 is 2.00 bits per heavy atom. The molecule has 0 saturated heterocycles. The zero-order valence-electron chi connectivity index (χ0n) is 16.5. The molecule has 1 heterocycles. The minimum atomic E-state index is -4.65. The van der Waals surface area contributed by atoms with Gasteiger partial charge in [-0.25, -0.2) is 4.79 Å². The van der Waals surface area contributed by atoms with Gasteiger partial charge in [0.15, 0.2) is 5.88 Å². The highest BCUT2D eigenvalue weighted by molar-refractivity contribution is 6.31. The van der Waals surface area contributed by atoms with Crippen molar-refractivity contribution in [2.75, 3.05) is 13.2 Å². The van der Waals surface area contributed by atoms with Gasteiger partial charge in [0, 0.05) is 12.3 Å². The Kier molecular flexibility index (Phi) is 8.16. The molecule has 0 amide bonds. The van der Waals surface area contributed by atoms with Crippen LogP contribution in [-0.4, -0.2) is 48.4 Å². The maximum atomic E-state index is 12.9. The van der Waals surface area contributed by atoms with Gasteiger partial charge < -0.3 is 25.6 Å². The Bertz CT molecular complexity index is 727. The Morgan fingerprint density at radius 1 is 1.38 bits per heavy atom. The topological polar surface area (TPSA) is 106 Å². The lowest BCUT2D eigenvalue weighted by molar-refractivity contribution is -0.241. The Hall–Kier alpha value is -2.20. The van der Waals surface area contributed by atoms with Gasteiger partial charge in [0.25, 0.3) is 0 Å². The number of allylic oxidation sites excluding steroid dienone is 1. The maximum Gasteiger partial charge on any atom is 0.399 e. The van der Waals surface area contributed by atoms with Crippen LogP contribution in [0.2, 0.25) is 0 Å². The Labute approximate surface area is 172 Å². The van der Waals surface area contributed by atoms with Crippen LogP contribution in [0.3, 0.4) is 0 Å². The van der Waals surface area contributed by atoms with Crippen LogP contribution in [0.4, 0.5) is 13.2 Å². The van der Waals surface area contributed by atoms with Gasteiger partial charge in [0.2, 0.25) is 0 Å². The fourth-order valence-corrected chi connectivity index (χ4v) is 2.06. The fraction of sp³-hybridized carbons (Fsp3) is 0.556. The lowest BCUT2D eigenvalue weighted by Gasteiger charge is -2.29. The first-order valence-corrected chi connectivity index (χ1v) is 8.93. The zero-order valence-corrected chi connectivity index (χ0v) is 17.3. The normalized spacial score (nSPS) is 20.4. The van der Waals surface area contributed by atoms with Gasteiger partial charge in [-0.3, -0.25) is 4.99 Å². The van der Waals surface area contributed by atoms with Crippen LogP contribution >= 0.6 is 11.6 Å². The van der Waals surface area contributed by atoms with Gasteiger partial charge in [-0.2, -0.15) is 13.2 Å². The van der Waals surface area contributed by atoms with Crippen LogP contribution in [-0.2, 0) is 14.3 Å². The minimum absolute atomic E-state index is 0.0426. The Balaban J connectivity index is 2.65. The highest BCUT2D eigenvalue weighted by atomic mass is 35.5. The molecule has 0 spiro atoms. The van der Waals surface area contributed by atoms with E-state index in [9.17, 15) is 18.0 Å². The lowest BCUT2D eigenvalue weighted by atomic mass is 9.92. The first-order valence-electron chi connectivity index (χ1n) is 8.56. The van der Waals surface area contributed by atoms with E-state index in [-0.39, 0.29) is 16.6 Å². The molecule has 0 aliphatic carbocycles. The molecule has 29 heavy (non-hydrogen) atoms. The molecule has 0 aromatic carbocycles. The molecule has 0 fully saturated rings. The summed E-state index contributed by atoms with van der Waals surface area (Å²) < 4.78 is 48.7. The van der Waals surface area contributed by atoms with Crippen molar-refractivity contribution in [2.24, 2.45) is 16.1 Å². The molecule has 1 aliphatic heterocycles. The maximum absolute atomic E-state index is 12.9. The third-order valence-electron chi connectivity index (χ3n) is 3.65. The molecule has 4 N–H and O–H groups in total. The van der Waals surface area contributed by atoms with Crippen LogP contribution in [0.25, 0.3) is 0 Å². The van der Waals surface area contributed by atoms with Gasteiger partial charge in [0.1, 0.15) is 28.9 Å². The molecule has 1 aliphatic rings. The molecule has 0 aromatic rings. The fourth-order valence-electron chi connectivity index (χ4n) is 1.81. The minimum Gasteiger partial charge on any atom is -0.478 e. The molecule has 11 heteroatoms. The largest absolute Gasteiger partial charge is 0.478 e. The summed E-state index contributed by atoms with van der Waals surface area (Å²) in [5.41, 5.74) is 2.53. The molecular weight excluding hydrogens is 415 g/mol. The average molecular weight is 440 g/mol. The average Bonchev–Trinajstić information content (AvgIpc) is 2.57. The van der Waals surface area contributed by atoms with E-state index in [1.165, 1.54) is 12.3 Å². The number of rotatable bonds is 7. The summed E-state index contributed by atoms with van der Waals surface area (Å²) in [7, 11) is 0. The number of carbonyl (C=O) groups excluding carboxylic acids is 1. The van der Waals surface area contributed by atoms with Crippen molar-refractivity contribution in [1.82, 2.24) is 5.32 Å². The van der Waals surface area contributed by atoms with Gasteiger partial charge in [-0.15, -0.1) is 0 Å². The van der Waals surface area contributed by atoms with E-state index in [4.69, 9.17) is 31.9 Å². The van der Waals surface area contributed by atoms with E-state index in [0.29, 0.717) is 0 Å². The van der Waals surface area contributed by atoms with E-state index in [1.54, 1.807) is 26.8 Å². The van der Waals surface area contributed by atoms with Gasteiger partial charge in [0.05, 0.1) is 12.2 Å². The highest BCUT2D eigenvalue weighted by Gasteiger charge is 2.51. The second kappa shape index (κ2) is 9.53. The van der Waals surface area contributed by atoms with E-state index in [1.807, 2.05) is 0 Å². The summed E-state index contributed by atoms with van der Waals surface area (Å²) in [6, 6.07) is 0. The van der Waals surface area contributed by atoms with Crippen molar-refractivity contribution in [3.05, 3.63) is 34.8 Å². The SMILES string of the molecule is CC(C)(C)OC(=O)C1=C(Cl)NC(N=CC=C(N)OCC(C)(CO)C(F)(F)F)C=C1. The van der Waals surface area contributed by atoms with Crippen molar-refractivity contribution in [3.8, 4) is 0 Å².